The smallest absolute Gasteiger partial charge is 0.306 e. The standard InChI is InChI=1S/C19H17N5O2S/c1-10-14(9-23(2)22-10)16-6-15-17(27-16)18(25)24(19(26)21-15)13-5-12(7-20-8-13)11-3-4-11/h5-9,11H,3-4H2,1-2H3,(H,21,26). The van der Waals surface area contributed by atoms with Gasteiger partial charge in [-0.1, -0.05) is 0 Å². The average molecular weight is 379 g/mol. The van der Waals surface area contributed by atoms with Crippen LogP contribution < -0.4 is 11.2 Å². The van der Waals surface area contributed by atoms with Crippen molar-refractivity contribution < 1.29 is 0 Å². The number of hydrogen-bond donors (Lipinski definition) is 1. The van der Waals surface area contributed by atoms with E-state index in [-0.39, 0.29) is 5.56 Å². The van der Waals surface area contributed by atoms with Gasteiger partial charge < -0.3 is 4.98 Å². The molecule has 5 rings (SSSR count). The van der Waals surface area contributed by atoms with Crippen LogP contribution in [-0.2, 0) is 7.05 Å². The van der Waals surface area contributed by atoms with E-state index in [1.54, 1.807) is 10.9 Å². The Morgan fingerprint density at radius 1 is 1.22 bits per heavy atom. The molecule has 4 heterocycles. The van der Waals surface area contributed by atoms with Crippen molar-refractivity contribution in [2.24, 2.45) is 7.05 Å². The minimum atomic E-state index is -0.450. The van der Waals surface area contributed by atoms with E-state index < -0.39 is 5.69 Å². The molecule has 8 heteroatoms. The minimum Gasteiger partial charge on any atom is -0.306 e. The number of nitrogens with zero attached hydrogens (tertiary/aromatic N) is 4. The van der Waals surface area contributed by atoms with Gasteiger partial charge in [0.15, 0.2) is 0 Å². The van der Waals surface area contributed by atoms with Crippen molar-refractivity contribution in [2.45, 2.75) is 25.7 Å². The molecule has 0 aliphatic heterocycles. The first kappa shape index (κ1) is 16.2. The maximum Gasteiger partial charge on any atom is 0.333 e. The third-order valence-corrected chi connectivity index (χ3v) is 6.06. The normalized spacial score (nSPS) is 14.1. The molecular weight excluding hydrogens is 362 g/mol. The summed E-state index contributed by atoms with van der Waals surface area (Å²) >= 11 is 1.37. The third-order valence-electron chi connectivity index (χ3n) is 4.90. The Hall–Kier alpha value is -3.00. The number of nitrogens with one attached hydrogen (secondary N) is 1. The van der Waals surface area contributed by atoms with Crippen LogP contribution in [0.4, 0.5) is 0 Å². The van der Waals surface area contributed by atoms with E-state index in [2.05, 4.69) is 15.1 Å². The molecule has 1 aliphatic rings. The quantitative estimate of drug-likeness (QED) is 0.593. The Bertz CT molecular complexity index is 1310. The van der Waals surface area contributed by atoms with Crippen LogP contribution in [0.2, 0.25) is 0 Å². The lowest BCUT2D eigenvalue weighted by molar-refractivity contribution is 0.756. The highest BCUT2D eigenvalue weighted by atomic mass is 32.1. The van der Waals surface area contributed by atoms with Gasteiger partial charge >= 0.3 is 5.69 Å². The number of rotatable bonds is 3. The molecule has 0 aromatic carbocycles. The van der Waals surface area contributed by atoms with Gasteiger partial charge in [0.25, 0.3) is 5.56 Å². The number of fused-ring (bicyclic) bond motifs is 1. The van der Waals surface area contributed by atoms with E-state index in [9.17, 15) is 9.59 Å². The predicted octanol–water partition coefficient (Wildman–Crippen LogP) is 2.72. The lowest BCUT2D eigenvalue weighted by Gasteiger charge is -2.06. The zero-order valence-electron chi connectivity index (χ0n) is 14.9. The molecule has 0 unspecified atom stereocenters. The van der Waals surface area contributed by atoms with E-state index in [0.29, 0.717) is 21.8 Å². The SMILES string of the molecule is Cc1nn(C)cc1-c1cc2[nH]c(=O)n(-c3cncc(C4CC4)c3)c(=O)c2s1. The van der Waals surface area contributed by atoms with Crippen molar-refractivity contribution in [2.75, 3.05) is 0 Å². The molecule has 0 radical (unpaired) electrons. The molecule has 1 saturated carbocycles. The molecule has 4 aromatic rings. The van der Waals surface area contributed by atoms with E-state index in [1.165, 1.54) is 15.9 Å². The third kappa shape index (κ3) is 2.64. The summed E-state index contributed by atoms with van der Waals surface area (Å²) < 4.78 is 3.44. The van der Waals surface area contributed by atoms with E-state index in [4.69, 9.17) is 0 Å². The topological polar surface area (TPSA) is 85.6 Å². The zero-order valence-corrected chi connectivity index (χ0v) is 15.7. The summed E-state index contributed by atoms with van der Waals surface area (Å²) in [6.07, 6.45) is 7.56. The van der Waals surface area contributed by atoms with Crippen LogP contribution in [0.5, 0.6) is 0 Å². The van der Waals surface area contributed by atoms with Gasteiger partial charge in [-0.3, -0.25) is 14.5 Å². The second-order valence-electron chi connectivity index (χ2n) is 6.98. The van der Waals surface area contributed by atoms with Crippen molar-refractivity contribution in [3.05, 3.63) is 62.8 Å². The summed E-state index contributed by atoms with van der Waals surface area (Å²) in [5.41, 5.74) is 3.22. The Balaban J connectivity index is 1.71. The Kier molecular flexibility index (Phi) is 3.45. The van der Waals surface area contributed by atoms with Crippen LogP contribution in [0.25, 0.3) is 26.3 Å². The summed E-state index contributed by atoms with van der Waals surface area (Å²) in [6.45, 7) is 1.93. The van der Waals surface area contributed by atoms with Crippen LogP contribution in [0, 0.1) is 6.92 Å². The first-order chi connectivity index (χ1) is 13.0. The summed E-state index contributed by atoms with van der Waals surface area (Å²) in [4.78, 5) is 33.7. The van der Waals surface area contributed by atoms with Gasteiger partial charge in [0.2, 0.25) is 0 Å². The van der Waals surface area contributed by atoms with E-state index in [0.717, 1.165) is 34.5 Å². The first-order valence-electron chi connectivity index (χ1n) is 8.76. The maximum atomic E-state index is 13.1. The fourth-order valence-electron chi connectivity index (χ4n) is 3.42. The maximum absolute atomic E-state index is 13.1. The molecule has 136 valence electrons. The van der Waals surface area contributed by atoms with Crippen LogP contribution in [-0.4, -0.2) is 24.3 Å². The molecule has 1 fully saturated rings. The van der Waals surface area contributed by atoms with Gasteiger partial charge in [0, 0.05) is 29.9 Å². The van der Waals surface area contributed by atoms with Crippen molar-refractivity contribution in [1.29, 1.82) is 0 Å². The highest BCUT2D eigenvalue weighted by Gasteiger charge is 2.24. The Morgan fingerprint density at radius 2 is 2.04 bits per heavy atom. The summed E-state index contributed by atoms with van der Waals surface area (Å²) in [6, 6.07) is 3.74. The number of H-pyrrole nitrogens is 1. The van der Waals surface area contributed by atoms with E-state index in [1.807, 2.05) is 38.5 Å². The lowest BCUT2D eigenvalue weighted by Crippen LogP contribution is -2.33. The van der Waals surface area contributed by atoms with Gasteiger partial charge in [0.1, 0.15) is 4.70 Å². The largest absolute Gasteiger partial charge is 0.333 e. The van der Waals surface area contributed by atoms with Crippen LogP contribution in [0.1, 0.15) is 30.0 Å². The molecule has 27 heavy (non-hydrogen) atoms. The number of thiophene rings is 1. The zero-order chi connectivity index (χ0) is 18.7. The summed E-state index contributed by atoms with van der Waals surface area (Å²) in [5, 5.41) is 4.35. The van der Waals surface area contributed by atoms with Gasteiger partial charge in [-0.2, -0.15) is 5.10 Å². The molecule has 0 bridgehead atoms. The molecule has 0 saturated heterocycles. The van der Waals surface area contributed by atoms with E-state index >= 15 is 0 Å². The van der Waals surface area contributed by atoms with Crippen LogP contribution >= 0.6 is 11.3 Å². The van der Waals surface area contributed by atoms with Crippen molar-refractivity contribution in [1.82, 2.24) is 24.3 Å². The molecule has 4 aromatic heterocycles. The molecular formula is C19H17N5O2S. The Morgan fingerprint density at radius 3 is 2.74 bits per heavy atom. The van der Waals surface area contributed by atoms with Crippen molar-refractivity contribution in [3.8, 4) is 16.1 Å². The molecule has 1 aliphatic carbocycles. The van der Waals surface area contributed by atoms with Crippen LogP contribution in [0.15, 0.2) is 40.3 Å². The second kappa shape index (κ2) is 5.75. The molecule has 0 spiro atoms. The highest BCUT2D eigenvalue weighted by Crippen LogP contribution is 2.40. The number of hydrogen-bond acceptors (Lipinski definition) is 5. The molecule has 0 atom stereocenters. The lowest BCUT2D eigenvalue weighted by atomic mass is 10.2. The predicted molar refractivity (Wildman–Crippen MR) is 105 cm³/mol. The number of aryl methyl sites for hydroxylation is 2. The number of pyridine rings is 1. The van der Waals surface area contributed by atoms with Crippen molar-refractivity contribution in [3.63, 3.8) is 0 Å². The highest BCUT2D eigenvalue weighted by molar-refractivity contribution is 7.22. The number of aromatic nitrogens is 5. The first-order valence-corrected chi connectivity index (χ1v) is 9.58. The summed E-state index contributed by atoms with van der Waals surface area (Å²) in [7, 11) is 1.86. The monoisotopic (exact) mass is 379 g/mol. The van der Waals surface area contributed by atoms with Gasteiger partial charge in [-0.25, -0.2) is 9.36 Å². The van der Waals surface area contributed by atoms with Gasteiger partial charge in [-0.05, 0) is 43.4 Å². The average Bonchev–Trinajstić information content (AvgIpc) is 3.31. The van der Waals surface area contributed by atoms with Crippen LogP contribution in [0.3, 0.4) is 0 Å². The fraction of sp³-hybridized carbons (Fsp3) is 0.263. The van der Waals surface area contributed by atoms with Crippen molar-refractivity contribution >= 4 is 21.6 Å². The second-order valence-corrected chi connectivity index (χ2v) is 8.03. The molecule has 1 N–H and O–H groups in total. The Labute approximate surface area is 157 Å². The minimum absolute atomic E-state index is 0.318. The molecule has 0 amide bonds. The molecule has 7 nitrogen and oxygen atoms in total. The number of aromatic amines is 1. The summed E-state index contributed by atoms with van der Waals surface area (Å²) in [5.74, 6) is 0.498. The van der Waals surface area contributed by atoms with Gasteiger partial charge in [0.05, 0.1) is 23.1 Å². The fourth-order valence-corrected chi connectivity index (χ4v) is 4.53. The van der Waals surface area contributed by atoms with Gasteiger partial charge in [-0.15, -0.1) is 11.3 Å².